The number of amides is 3. The first-order valence-electron chi connectivity index (χ1n) is 7.74. The summed E-state index contributed by atoms with van der Waals surface area (Å²) in [5.41, 5.74) is 2.86. The van der Waals surface area contributed by atoms with Crippen LogP contribution in [0.1, 0.15) is 5.69 Å². The van der Waals surface area contributed by atoms with Crippen LogP contribution in [-0.4, -0.2) is 27.7 Å². The fourth-order valence-electron chi connectivity index (χ4n) is 2.20. The Bertz CT molecular complexity index is 963. The summed E-state index contributed by atoms with van der Waals surface area (Å²) < 4.78 is 0. The normalized spacial score (nSPS) is 10.5. The molecule has 2 aromatic carbocycles. The maximum atomic E-state index is 12.0. The van der Waals surface area contributed by atoms with E-state index in [4.69, 9.17) is 11.6 Å². The van der Waals surface area contributed by atoms with Crippen molar-refractivity contribution in [3.8, 4) is 0 Å². The number of halogens is 1. The Morgan fingerprint density at radius 2 is 1.69 bits per heavy atom. The number of nitrogens with one attached hydrogen (secondary N) is 2. The van der Waals surface area contributed by atoms with Crippen LogP contribution in [0.2, 0.25) is 5.02 Å². The van der Waals surface area contributed by atoms with Gasteiger partial charge in [0.1, 0.15) is 5.03 Å². The summed E-state index contributed by atoms with van der Waals surface area (Å²) in [4.78, 5) is 32.8. The van der Waals surface area contributed by atoms with Crippen molar-refractivity contribution in [3.05, 3.63) is 59.2 Å². The van der Waals surface area contributed by atoms with Crippen molar-refractivity contribution < 1.29 is 9.59 Å². The minimum absolute atomic E-state index is 0.0574. The monoisotopic (exact) mass is 386 g/mol. The second kappa shape index (κ2) is 8.16. The average molecular weight is 387 g/mol. The van der Waals surface area contributed by atoms with Gasteiger partial charge in [-0.25, -0.2) is 14.8 Å². The van der Waals surface area contributed by atoms with E-state index in [-0.39, 0.29) is 5.75 Å². The van der Waals surface area contributed by atoms with Crippen molar-refractivity contribution in [3.63, 3.8) is 0 Å². The summed E-state index contributed by atoms with van der Waals surface area (Å²) in [5, 5.41) is 6.07. The number of aromatic nitrogens is 2. The van der Waals surface area contributed by atoms with Crippen LogP contribution in [0, 0.1) is 6.92 Å². The van der Waals surface area contributed by atoms with Crippen molar-refractivity contribution in [2.45, 2.75) is 11.9 Å². The minimum atomic E-state index is -0.598. The van der Waals surface area contributed by atoms with Gasteiger partial charge in [-0.15, -0.1) is 0 Å². The molecule has 1 aromatic heterocycles. The van der Waals surface area contributed by atoms with Crippen LogP contribution in [0.4, 0.5) is 10.5 Å². The van der Waals surface area contributed by atoms with Crippen LogP contribution >= 0.6 is 23.4 Å². The number of hydrogen-bond acceptors (Lipinski definition) is 5. The lowest BCUT2D eigenvalue weighted by atomic mass is 10.3. The number of aryl methyl sites for hydroxylation is 1. The number of carbonyl (C=O) groups is 2. The minimum Gasteiger partial charge on any atom is -0.308 e. The quantitative estimate of drug-likeness (QED) is 0.661. The van der Waals surface area contributed by atoms with Crippen molar-refractivity contribution in [1.82, 2.24) is 15.3 Å². The third-order valence-electron chi connectivity index (χ3n) is 3.40. The molecule has 0 unspecified atom stereocenters. The van der Waals surface area contributed by atoms with E-state index in [1.807, 2.05) is 31.2 Å². The fraction of sp³-hybridized carbons (Fsp3) is 0.111. The molecule has 3 amide bonds. The lowest BCUT2D eigenvalue weighted by molar-refractivity contribution is -0.117. The molecule has 2 N–H and O–H groups in total. The highest BCUT2D eigenvalue weighted by Crippen LogP contribution is 2.21. The number of hydrogen-bond donors (Lipinski definition) is 2. The first kappa shape index (κ1) is 18.2. The Kier molecular flexibility index (Phi) is 5.70. The highest BCUT2D eigenvalue weighted by Gasteiger charge is 2.11. The van der Waals surface area contributed by atoms with Gasteiger partial charge in [-0.05, 0) is 43.3 Å². The van der Waals surface area contributed by atoms with Gasteiger partial charge in [0.15, 0.2) is 0 Å². The van der Waals surface area contributed by atoms with Crippen molar-refractivity contribution in [1.29, 1.82) is 0 Å². The highest BCUT2D eigenvalue weighted by atomic mass is 35.5. The molecule has 0 saturated heterocycles. The SMILES string of the molecule is Cc1nc2ccccc2nc1SCC(=O)NC(=O)Nc1ccc(Cl)cc1. The second-order valence-corrected chi connectivity index (χ2v) is 6.80. The molecular formula is C18H15ClN4O2S. The molecule has 0 aliphatic carbocycles. The Morgan fingerprint density at radius 3 is 2.38 bits per heavy atom. The number of benzene rings is 2. The van der Waals surface area contributed by atoms with E-state index in [0.29, 0.717) is 15.7 Å². The first-order valence-corrected chi connectivity index (χ1v) is 9.10. The molecular weight excluding hydrogens is 372 g/mol. The Hall–Kier alpha value is -2.64. The number of urea groups is 1. The van der Waals surface area contributed by atoms with Gasteiger partial charge in [-0.3, -0.25) is 10.1 Å². The molecule has 26 heavy (non-hydrogen) atoms. The lowest BCUT2D eigenvalue weighted by Gasteiger charge is -2.08. The van der Waals surface area contributed by atoms with Crippen LogP contribution in [0.5, 0.6) is 0 Å². The van der Waals surface area contributed by atoms with Gasteiger partial charge in [0, 0.05) is 10.7 Å². The summed E-state index contributed by atoms with van der Waals surface area (Å²) >= 11 is 7.02. The molecule has 132 valence electrons. The van der Waals surface area contributed by atoms with Gasteiger partial charge in [-0.2, -0.15) is 0 Å². The molecule has 0 atom stereocenters. The Labute approximate surface area is 159 Å². The summed E-state index contributed by atoms with van der Waals surface area (Å²) in [6, 6.07) is 13.5. The zero-order valence-corrected chi connectivity index (χ0v) is 15.4. The van der Waals surface area contributed by atoms with Gasteiger partial charge < -0.3 is 5.32 Å². The number of nitrogens with zero attached hydrogens (tertiary/aromatic N) is 2. The highest BCUT2D eigenvalue weighted by molar-refractivity contribution is 7.99. The number of rotatable bonds is 4. The van der Waals surface area contributed by atoms with Gasteiger partial charge in [0.2, 0.25) is 5.91 Å². The summed E-state index contributed by atoms with van der Waals surface area (Å²) in [5.74, 6) is -0.363. The summed E-state index contributed by atoms with van der Waals surface area (Å²) in [6.45, 7) is 1.84. The van der Waals surface area contributed by atoms with Crippen LogP contribution in [0.3, 0.4) is 0 Å². The number of carbonyl (C=O) groups excluding carboxylic acids is 2. The molecule has 0 radical (unpaired) electrons. The molecule has 0 saturated carbocycles. The van der Waals surface area contributed by atoms with Crippen molar-refractivity contribution >= 4 is 52.0 Å². The Balaban J connectivity index is 1.56. The first-order chi connectivity index (χ1) is 12.5. The molecule has 0 aliphatic heterocycles. The van der Waals surface area contributed by atoms with Crippen LogP contribution in [-0.2, 0) is 4.79 Å². The second-order valence-electron chi connectivity index (χ2n) is 5.40. The van der Waals surface area contributed by atoms with Crippen molar-refractivity contribution in [2.24, 2.45) is 0 Å². The molecule has 3 rings (SSSR count). The van der Waals surface area contributed by atoms with Crippen LogP contribution in [0.25, 0.3) is 11.0 Å². The zero-order valence-electron chi connectivity index (χ0n) is 13.8. The largest absolute Gasteiger partial charge is 0.325 e. The maximum absolute atomic E-state index is 12.0. The lowest BCUT2D eigenvalue weighted by Crippen LogP contribution is -2.35. The molecule has 1 heterocycles. The van der Waals surface area contributed by atoms with E-state index < -0.39 is 11.9 Å². The number of thioether (sulfide) groups is 1. The molecule has 0 bridgehead atoms. The number of fused-ring (bicyclic) bond motifs is 1. The van der Waals surface area contributed by atoms with Gasteiger partial charge in [0.25, 0.3) is 0 Å². The molecule has 8 heteroatoms. The molecule has 0 fully saturated rings. The third kappa shape index (κ3) is 4.71. The van der Waals surface area contributed by atoms with Crippen LogP contribution < -0.4 is 10.6 Å². The number of imide groups is 1. The van der Waals surface area contributed by atoms with E-state index in [1.54, 1.807) is 24.3 Å². The Morgan fingerprint density at radius 1 is 1.04 bits per heavy atom. The topological polar surface area (TPSA) is 84.0 Å². The molecule has 6 nitrogen and oxygen atoms in total. The summed E-state index contributed by atoms with van der Waals surface area (Å²) in [7, 11) is 0. The fourth-order valence-corrected chi connectivity index (χ4v) is 3.08. The molecule has 0 aliphatic rings. The van der Waals surface area contributed by atoms with Crippen LogP contribution in [0.15, 0.2) is 53.6 Å². The number of anilines is 1. The standard InChI is InChI=1S/C18H15ClN4O2S/c1-11-17(22-15-5-3-2-4-14(15)20-11)26-10-16(24)23-18(25)21-13-8-6-12(19)7-9-13/h2-9H,10H2,1H3,(H2,21,23,24,25). The molecule has 3 aromatic rings. The smallest absolute Gasteiger partial charge is 0.308 e. The van der Waals surface area contributed by atoms with E-state index in [9.17, 15) is 9.59 Å². The number of para-hydroxylation sites is 2. The average Bonchev–Trinajstić information content (AvgIpc) is 2.62. The van der Waals surface area contributed by atoms with Crippen molar-refractivity contribution in [2.75, 3.05) is 11.1 Å². The van der Waals surface area contributed by atoms with E-state index in [0.717, 1.165) is 16.7 Å². The predicted octanol–water partition coefficient (Wildman–Crippen LogP) is 4.03. The summed E-state index contributed by atoms with van der Waals surface area (Å²) in [6.07, 6.45) is 0. The predicted molar refractivity (Wildman–Crippen MR) is 104 cm³/mol. The van der Waals surface area contributed by atoms with E-state index in [2.05, 4.69) is 20.6 Å². The van der Waals surface area contributed by atoms with E-state index >= 15 is 0 Å². The van der Waals surface area contributed by atoms with Gasteiger partial charge in [0.05, 0.1) is 22.5 Å². The maximum Gasteiger partial charge on any atom is 0.325 e. The van der Waals surface area contributed by atoms with E-state index in [1.165, 1.54) is 11.8 Å². The van der Waals surface area contributed by atoms with Gasteiger partial charge in [-0.1, -0.05) is 35.5 Å². The third-order valence-corrected chi connectivity index (χ3v) is 4.72. The molecule has 0 spiro atoms. The zero-order chi connectivity index (χ0) is 18.5. The van der Waals surface area contributed by atoms with Gasteiger partial charge >= 0.3 is 6.03 Å².